The lowest BCUT2D eigenvalue weighted by atomic mass is 10.2. The van der Waals surface area contributed by atoms with Gasteiger partial charge in [0.25, 0.3) is 0 Å². The molecule has 0 aliphatic carbocycles. The lowest BCUT2D eigenvalue weighted by Gasteiger charge is -2.05. The smallest absolute Gasteiger partial charge is 0.123 e. The van der Waals surface area contributed by atoms with Crippen molar-refractivity contribution in [2.75, 3.05) is 0 Å². The molecular formula is C9H17N3. The van der Waals surface area contributed by atoms with E-state index in [1.807, 2.05) is 6.20 Å². The van der Waals surface area contributed by atoms with Crippen LogP contribution in [0, 0.1) is 0 Å². The molecule has 0 saturated heterocycles. The number of hydrogen-bond donors (Lipinski definition) is 2. The first kappa shape index (κ1) is 9.26. The summed E-state index contributed by atoms with van der Waals surface area (Å²) in [6.07, 6.45) is 4.96. The van der Waals surface area contributed by atoms with Crippen molar-refractivity contribution < 1.29 is 0 Å². The third-order valence-electron chi connectivity index (χ3n) is 1.98. The summed E-state index contributed by atoms with van der Waals surface area (Å²) in [5.74, 6) is 0.925. The van der Waals surface area contributed by atoms with Gasteiger partial charge < -0.3 is 10.7 Å². The van der Waals surface area contributed by atoms with Gasteiger partial charge in [0.2, 0.25) is 0 Å². The van der Waals surface area contributed by atoms with Crippen molar-refractivity contribution in [2.45, 2.75) is 39.2 Å². The molecule has 12 heavy (non-hydrogen) atoms. The third kappa shape index (κ3) is 2.08. The number of imidazole rings is 1. The minimum absolute atomic E-state index is 0.0790. The molecule has 3 N–H and O–H groups in total. The molecule has 1 rings (SSSR count). The first-order valence-electron chi connectivity index (χ1n) is 4.57. The van der Waals surface area contributed by atoms with Crippen molar-refractivity contribution in [3.8, 4) is 0 Å². The highest BCUT2D eigenvalue weighted by molar-refractivity contribution is 5.03. The van der Waals surface area contributed by atoms with Crippen LogP contribution in [0.25, 0.3) is 0 Å². The van der Waals surface area contributed by atoms with Crippen LogP contribution in [-0.2, 0) is 6.42 Å². The maximum absolute atomic E-state index is 5.88. The van der Waals surface area contributed by atoms with Crippen LogP contribution in [0.1, 0.15) is 44.2 Å². The first-order chi connectivity index (χ1) is 5.77. The highest BCUT2D eigenvalue weighted by Crippen LogP contribution is 2.11. The SMILES string of the molecule is CCCC(N)c1ncc(CC)[nH]1. The Labute approximate surface area is 73.4 Å². The Morgan fingerprint density at radius 3 is 2.83 bits per heavy atom. The summed E-state index contributed by atoms with van der Waals surface area (Å²) in [5.41, 5.74) is 7.04. The van der Waals surface area contributed by atoms with Gasteiger partial charge in [0.1, 0.15) is 5.82 Å². The number of aromatic amines is 1. The number of nitrogens with one attached hydrogen (secondary N) is 1. The topological polar surface area (TPSA) is 54.7 Å². The minimum Gasteiger partial charge on any atom is -0.345 e. The van der Waals surface area contributed by atoms with Crippen molar-refractivity contribution >= 4 is 0 Å². The van der Waals surface area contributed by atoms with E-state index < -0.39 is 0 Å². The van der Waals surface area contributed by atoms with E-state index >= 15 is 0 Å². The number of aryl methyl sites for hydroxylation is 1. The summed E-state index contributed by atoms with van der Waals surface area (Å²) in [6, 6.07) is 0.0790. The van der Waals surface area contributed by atoms with Gasteiger partial charge in [0.15, 0.2) is 0 Å². The second-order valence-corrected chi connectivity index (χ2v) is 3.04. The lowest BCUT2D eigenvalue weighted by Crippen LogP contribution is -2.11. The Bertz CT molecular complexity index is 229. The molecule has 0 aliphatic heterocycles. The molecule has 0 aromatic carbocycles. The van der Waals surface area contributed by atoms with Crippen molar-refractivity contribution in [3.63, 3.8) is 0 Å². The van der Waals surface area contributed by atoms with Gasteiger partial charge in [-0.05, 0) is 12.8 Å². The molecule has 1 heterocycles. The minimum atomic E-state index is 0.0790. The molecule has 1 unspecified atom stereocenters. The number of rotatable bonds is 4. The van der Waals surface area contributed by atoms with Crippen LogP contribution < -0.4 is 5.73 Å². The molecule has 0 fully saturated rings. The van der Waals surface area contributed by atoms with E-state index in [2.05, 4.69) is 23.8 Å². The van der Waals surface area contributed by atoms with Gasteiger partial charge in [-0.2, -0.15) is 0 Å². The van der Waals surface area contributed by atoms with Gasteiger partial charge in [-0.25, -0.2) is 4.98 Å². The van der Waals surface area contributed by atoms with Crippen LogP contribution >= 0.6 is 0 Å². The molecular weight excluding hydrogens is 150 g/mol. The number of nitrogens with zero attached hydrogens (tertiary/aromatic N) is 1. The first-order valence-corrected chi connectivity index (χ1v) is 4.57. The lowest BCUT2D eigenvalue weighted by molar-refractivity contribution is 0.607. The highest BCUT2D eigenvalue weighted by atomic mass is 15.0. The molecule has 0 bridgehead atoms. The number of aromatic nitrogens is 2. The monoisotopic (exact) mass is 167 g/mol. The normalized spacial score (nSPS) is 13.2. The van der Waals surface area contributed by atoms with Gasteiger partial charge in [-0.3, -0.25) is 0 Å². The Kier molecular flexibility index (Phi) is 3.29. The van der Waals surface area contributed by atoms with E-state index in [0.717, 1.165) is 30.8 Å². The maximum atomic E-state index is 5.88. The van der Waals surface area contributed by atoms with Crippen LogP contribution in [0.4, 0.5) is 0 Å². The summed E-state index contributed by atoms with van der Waals surface area (Å²) in [4.78, 5) is 7.44. The fraction of sp³-hybridized carbons (Fsp3) is 0.667. The van der Waals surface area contributed by atoms with Crippen molar-refractivity contribution in [1.82, 2.24) is 9.97 Å². The fourth-order valence-electron chi connectivity index (χ4n) is 1.19. The Hall–Kier alpha value is -0.830. The average molecular weight is 167 g/mol. The standard InChI is InChI=1S/C9H17N3/c1-3-5-8(10)9-11-6-7(4-2)12-9/h6,8H,3-5,10H2,1-2H3,(H,11,12). The van der Waals surface area contributed by atoms with Crippen molar-refractivity contribution in [3.05, 3.63) is 17.7 Å². The van der Waals surface area contributed by atoms with Crippen molar-refractivity contribution in [2.24, 2.45) is 5.73 Å². The predicted octanol–water partition coefficient (Wildman–Crippen LogP) is 1.77. The second kappa shape index (κ2) is 4.26. The summed E-state index contributed by atoms with van der Waals surface area (Å²) >= 11 is 0. The molecule has 0 saturated carbocycles. The van der Waals surface area contributed by atoms with Crippen LogP contribution in [0.15, 0.2) is 6.20 Å². The van der Waals surface area contributed by atoms with Crippen molar-refractivity contribution in [1.29, 1.82) is 0 Å². The number of hydrogen-bond acceptors (Lipinski definition) is 2. The van der Waals surface area contributed by atoms with Gasteiger partial charge in [0, 0.05) is 11.9 Å². The Morgan fingerprint density at radius 2 is 2.33 bits per heavy atom. The molecule has 68 valence electrons. The van der Waals surface area contributed by atoms with Crippen LogP contribution in [0.5, 0.6) is 0 Å². The van der Waals surface area contributed by atoms with Gasteiger partial charge in [0.05, 0.1) is 6.04 Å². The molecule has 3 heteroatoms. The van der Waals surface area contributed by atoms with Crippen LogP contribution in [-0.4, -0.2) is 9.97 Å². The molecule has 0 amide bonds. The third-order valence-corrected chi connectivity index (χ3v) is 1.98. The highest BCUT2D eigenvalue weighted by Gasteiger charge is 2.07. The molecule has 1 atom stereocenters. The van der Waals surface area contributed by atoms with E-state index in [0.29, 0.717) is 0 Å². The molecule has 1 aromatic rings. The van der Waals surface area contributed by atoms with E-state index in [4.69, 9.17) is 5.73 Å². The van der Waals surface area contributed by atoms with E-state index in [1.54, 1.807) is 0 Å². The summed E-state index contributed by atoms with van der Waals surface area (Å²) in [6.45, 7) is 4.23. The largest absolute Gasteiger partial charge is 0.345 e. The Morgan fingerprint density at radius 1 is 1.58 bits per heavy atom. The Balaban J connectivity index is 2.61. The summed E-state index contributed by atoms with van der Waals surface area (Å²) < 4.78 is 0. The summed E-state index contributed by atoms with van der Waals surface area (Å²) in [5, 5.41) is 0. The molecule has 0 spiro atoms. The number of H-pyrrole nitrogens is 1. The average Bonchev–Trinajstić information content (AvgIpc) is 2.52. The van der Waals surface area contributed by atoms with Gasteiger partial charge in [-0.1, -0.05) is 20.3 Å². The van der Waals surface area contributed by atoms with E-state index in [9.17, 15) is 0 Å². The fourth-order valence-corrected chi connectivity index (χ4v) is 1.19. The zero-order valence-corrected chi connectivity index (χ0v) is 7.80. The zero-order chi connectivity index (χ0) is 8.97. The zero-order valence-electron chi connectivity index (χ0n) is 7.80. The maximum Gasteiger partial charge on any atom is 0.123 e. The number of nitrogens with two attached hydrogens (primary N) is 1. The van der Waals surface area contributed by atoms with Gasteiger partial charge >= 0.3 is 0 Å². The molecule has 0 aliphatic rings. The van der Waals surface area contributed by atoms with E-state index in [-0.39, 0.29) is 6.04 Å². The molecule has 3 nitrogen and oxygen atoms in total. The summed E-state index contributed by atoms with van der Waals surface area (Å²) in [7, 11) is 0. The predicted molar refractivity (Wildman–Crippen MR) is 49.8 cm³/mol. The van der Waals surface area contributed by atoms with E-state index in [1.165, 1.54) is 0 Å². The van der Waals surface area contributed by atoms with Gasteiger partial charge in [-0.15, -0.1) is 0 Å². The second-order valence-electron chi connectivity index (χ2n) is 3.04. The molecule has 0 radical (unpaired) electrons. The quantitative estimate of drug-likeness (QED) is 0.718. The molecule has 1 aromatic heterocycles. The van der Waals surface area contributed by atoms with Crippen LogP contribution in [0.2, 0.25) is 0 Å². The van der Waals surface area contributed by atoms with Crippen LogP contribution in [0.3, 0.4) is 0 Å².